The van der Waals surface area contributed by atoms with E-state index in [0.29, 0.717) is 19.0 Å². The first-order valence-corrected chi connectivity index (χ1v) is 6.97. The number of aromatic nitrogens is 2. The second-order valence-electron chi connectivity index (χ2n) is 6.28. The van der Waals surface area contributed by atoms with E-state index in [1.54, 1.807) is 6.33 Å². The van der Waals surface area contributed by atoms with Crippen LogP contribution in [-0.2, 0) is 17.9 Å². The Morgan fingerprint density at radius 2 is 2.21 bits per heavy atom. The van der Waals surface area contributed by atoms with Crippen LogP contribution in [0, 0.1) is 0 Å². The third kappa shape index (κ3) is 5.03. The van der Waals surface area contributed by atoms with Gasteiger partial charge in [0.15, 0.2) is 0 Å². The number of hydrogen-bond donors (Lipinski definition) is 2. The molecule has 0 aliphatic heterocycles. The normalized spacial score (nSPS) is 15.5. The predicted molar refractivity (Wildman–Crippen MR) is 74.6 cm³/mol. The van der Waals surface area contributed by atoms with Crippen LogP contribution in [0.2, 0.25) is 0 Å². The zero-order chi connectivity index (χ0) is 13.9. The molecule has 0 unspecified atom stereocenters. The third-order valence-electron chi connectivity index (χ3n) is 3.04. The molecule has 5 heteroatoms. The number of nitrogens with one attached hydrogen (secondary N) is 2. The Morgan fingerprint density at radius 1 is 1.47 bits per heavy atom. The minimum absolute atomic E-state index is 0.0855. The molecule has 0 radical (unpaired) electrons. The van der Waals surface area contributed by atoms with Crippen LogP contribution >= 0.6 is 0 Å². The fourth-order valence-corrected chi connectivity index (χ4v) is 1.94. The first-order valence-electron chi connectivity index (χ1n) is 6.97. The summed E-state index contributed by atoms with van der Waals surface area (Å²) >= 11 is 0. The summed E-state index contributed by atoms with van der Waals surface area (Å²) in [5.74, 6) is 0.0855. The number of carbonyl (C=O) groups excluding carboxylic acids is 1. The molecular formula is C14H24N4O. The molecule has 106 valence electrons. The first kappa shape index (κ1) is 14.1. The van der Waals surface area contributed by atoms with Crippen LogP contribution in [0.1, 0.15) is 45.7 Å². The van der Waals surface area contributed by atoms with E-state index in [1.807, 2.05) is 27.0 Å². The van der Waals surface area contributed by atoms with Crippen molar-refractivity contribution in [3.8, 4) is 0 Å². The molecule has 0 aromatic carbocycles. The Hall–Kier alpha value is -1.36. The summed E-state index contributed by atoms with van der Waals surface area (Å²) in [6.45, 7) is 7.50. The standard InChI is InChI=1S/C14H24N4O/c1-14(2,3)17-13(19)6-7-18-10-15-8-12(18)9-16-11-4-5-11/h8,10-11,16H,4-7,9H2,1-3H3,(H,17,19). The molecule has 5 nitrogen and oxygen atoms in total. The highest BCUT2D eigenvalue weighted by molar-refractivity contribution is 5.76. The van der Waals surface area contributed by atoms with Gasteiger partial charge in [-0.05, 0) is 33.6 Å². The quantitative estimate of drug-likeness (QED) is 0.817. The van der Waals surface area contributed by atoms with E-state index in [-0.39, 0.29) is 11.4 Å². The summed E-state index contributed by atoms with van der Waals surface area (Å²) in [6, 6.07) is 0.688. The monoisotopic (exact) mass is 264 g/mol. The van der Waals surface area contributed by atoms with E-state index in [0.717, 1.165) is 12.2 Å². The van der Waals surface area contributed by atoms with E-state index in [1.165, 1.54) is 12.8 Å². The molecule has 0 saturated heterocycles. The van der Waals surface area contributed by atoms with Crippen molar-refractivity contribution in [3.63, 3.8) is 0 Å². The topological polar surface area (TPSA) is 59.0 Å². The smallest absolute Gasteiger partial charge is 0.222 e. The van der Waals surface area contributed by atoms with E-state index < -0.39 is 0 Å². The molecule has 1 amide bonds. The number of nitrogens with zero attached hydrogens (tertiary/aromatic N) is 2. The van der Waals surface area contributed by atoms with Gasteiger partial charge in [-0.1, -0.05) is 0 Å². The first-order chi connectivity index (χ1) is 8.94. The van der Waals surface area contributed by atoms with Crippen LogP contribution in [0.5, 0.6) is 0 Å². The van der Waals surface area contributed by atoms with Crippen molar-refractivity contribution in [2.24, 2.45) is 0 Å². The summed E-state index contributed by atoms with van der Waals surface area (Å²) in [6.07, 6.45) is 6.72. The Labute approximate surface area is 114 Å². The van der Waals surface area contributed by atoms with E-state index >= 15 is 0 Å². The van der Waals surface area contributed by atoms with Gasteiger partial charge in [0.25, 0.3) is 0 Å². The summed E-state index contributed by atoms with van der Waals surface area (Å²) in [4.78, 5) is 15.9. The molecule has 0 atom stereocenters. The highest BCUT2D eigenvalue weighted by Gasteiger charge is 2.20. The number of imidazole rings is 1. The Morgan fingerprint density at radius 3 is 2.84 bits per heavy atom. The van der Waals surface area contributed by atoms with Crippen LogP contribution in [0.4, 0.5) is 0 Å². The van der Waals surface area contributed by atoms with Crippen molar-refractivity contribution in [3.05, 3.63) is 18.2 Å². The zero-order valence-corrected chi connectivity index (χ0v) is 12.1. The summed E-state index contributed by atoms with van der Waals surface area (Å²) < 4.78 is 2.05. The molecule has 1 saturated carbocycles. The Kier molecular flexibility index (Phi) is 4.24. The van der Waals surface area contributed by atoms with Crippen molar-refractivity contribution >= 4 is 5.91 Å². The molecule has 1 aliphatic rings. The fourth-order valence-electron chi connectivity index (χ4n) is 1.94. The van der Waals surface area contributed by atoms with Gasteiger partial charge in [-0.3, -0.25) is 4.79 Å². The van der Waals surface area contributed by atoms with E-state index in [2.05, 4.69) is 20.2 Å². The van der Waals surface area contributed by atoms with E-state index in [9.17, 15) is 4.79 Å². The fraction of sp³-hybridized carbons (Fsp3) is 0.714. The highest BCUT2D eigenvalue weighted by atomic mass is 16.1. The molecule has 1 aliphatic carbocycles. The van der Waals surface area contributed by atoms with Crippen LogP contribution in [0.25, 0.3) is 0 Å². The van der Waals surface area contributed by atoms with E-state index in [4.69, 9.17) is 0 Å². The van der Waals surface area contributed by atoms with Crippen LogP contribution in [-0.4, -0.2) is 27.0 Å². The summed E-state index contributed by atoms with van der Waals surface area (Å²) in [7, 11) is 0. The van der Waals surface area contributed by atoms with Crippen molar-refractivity contribution in [2.45, 2.75) is 64.7 Å². The van der Waals surface area contributed by atoms with Crippen molar-refractivity contribution in [1.82, 2.24) is 20.2 Å². The minimum Gasteiger partial charge on any atom is -0.351 e. The number of rotatable bonds is 6. The van der Waals surface area contributed by atoms with Gasteiger partial charge in [-0.2, -0.15) is 0 Å². The Balaban J connectivity index is 1.78. The zero-order valence-electron chi connectivity index (χ0n) is 12.1. The minimum atomic E-state index is -0.164. The molecule has 1 aromatic rings. The lowest BCUT2D eigenvalue weighted by atomic mass is 10.1. The molecule has 2 N–H and O–H groups in total. The van der Waals surface area contributed by atoms with Gasteiger partial charge >= 0.3 is 0 Å². The van der Waals surface area contributed by atoms with Crippen LogP contribution in [0.15, 0.2) is 12.5 Å². The number of carbonyl (C=O) groups is 1. The molecule has 1 heterocycles. The number of aryl methyl sites for hydroxylation is 1. The van der Waals surface area contributed by atoms with Gasteiger partial charge in [0.2, 0.25) is 5.91 Å². The van der Waals surface area contributed by atoms with Crippen LogP contribution in [0.3, 0.4) is 0 Å². The predicted octanol–water partition coefficient (Wildman–Crippen LogP) is 1.44. The van der Waals surface area contributed by atoms with Gasteiger partial charge in [0.05, 0.1) is 12.0 Å². The van der Waals surface area contributed by atoms with Crippen molar-refractivity contribution in [1.29, 1.82) is 0 Å². The molecule has 1 aromatic heterocycles. The number of hydrogen-bond acceptors (Lipinski definition) is 3. The Bertz CT molecular complexity index is 429. The van der Waals surface area contributed by atoms with Gasteiger partial charge in [0.1, 0.15) is 0 Å². The third-order valence-corrected chi connectivity index (χ3v) is 3.04. The van der Waals surface area contributed by atoms with Crippen molar-refractivity contribution in [2.75, 3.05) is 0 Å². The summed E-state index contributed by atoms with van der Waals surface area (Å²) in [5, 5.41) is 6.44. The van der Waals surface area contributed by atoms with Crippen molar-refractivity contribution < 1.29 is 4.79 Å². The molecule has 0 spiro atoms. The van der Waals surface area contributed by atoms with Gasteiger partial charge in [0, 0.05) is 37.3 Å². The molecule has 19 heavy (non-hydrogen) atoms. The SMILES string of the molecule is CC(C)(C)NC(=O)CCn1cncc1CNC1CC1. The maximum atomic E-state index is 11.8. The lowest BCUT2D eigenvalue weighted by molar-refractivity contribution is -0.122. The average Bonchev–Trinajstić information content (AvgIpc) is 3.01. The number of amides is 1. The maximum Gasteiger partial charge on any atom is 0.222 e. The highest BCUT2D eigenvalue weighted by Crippen LogP contribution is 2.19. The molecule has 0 bridgehead atoms. The molecule has 1 fully saturated rings. The second-order valence-corrected chi connectivity index (χ2v) is 6.28. The van der Waals surface area contributed by atoms with Gasteiger partial charge in [-0.25, -0.2) is 4.98 Å². The largest absolute Gasteiger partial charge is 0.351 e. The van der Waals surface area contributed by atoms with Crippen LogP contribution < -0.4 is 10.6 Å². The van der Waals surface area contributed by atoms with Gasteiger partial charge < -0.3 is 15.2 Å². The lowest BCUT2D eigenvalue weighted by Crippen LogP contribution is -2.40. The summed E-state index contributed by atoms with van der Waals surface area (Å²) in [5.41, 5.74) is 0.984. The molecule has 2 rings (SSSR count). The maximum absolute atomic E-state index is 11.8. The lowest BCUT2D eigenvalue weighted by Gasteiger charge is -2.20. The molecular weight excluding hydrogens is 240 g/mol. The van der Waals surface area contributed by atoms with Gasteiger partial charge in [-0.15, -0.1) is 0 Å². The second kappa shape index (κ2) is 5.74. The average molecular weight is 264 g/mol.